The zero-order valence-electron chi connectivity index (χ0n) is 22.8. The molecule has 6 rings (SSSR count). The Hall–Kier alpha value is -3.95. The summed E-state index contributed by atoms with van der Waals surface area (Å²) in [5, 5.41) is 6.52. The van der Waals surface area contributed by atoms with Crippen LogP contribution in [0.5, 0.6) is 0 Å². The molecule has 0 atom stereocenters. The number of imidazole rings is 1. The van der Waals surface area contributed by atoms with Gasteiger partial charge in [0.25, 0.3) is 11.8 Å². The van der Waals surface area contributed by atoms with Crippen molar-refractivity contribution in [3.63, 3.8) is 0 Å². The molecule has 41 heavy (non-hydrogen) atoms. The third kappa shape index (κ3) is 5.64. The Morgan fingerprint density at radius 2 is 1.63 bits per heavy atom. The smallest absolute Gasteiger partial charge is 0.333 e. The molecule has 0 radical (unpaired) electrons. The monoisotopic (exact) mass is 573 g/mol. The number of rotatable bonds is 7. The fourth-order valence-corrected chi connectivity index (χ4v) is 5.89. The second kappa shape index (κ2) is 11.5. The topological polar surface area (TPSA) is 107 Å². The van der Waals surface area contributed by atoms with Gasteiger partial charge in [-0.05, 0) is 81.0 Å². The Labute approximate surface area is 242 Å². The second-order valence-electron chi connectivity index (χ2n) is 10.9. The number of aryl methyl sites for hydroxylation is 1. The summed E-state index contributed by atoms with van der Waals surface area (Å²) in [7, 11) is 0. The minimum absolute atomic E-state index is 0.0542. The lowest BCUT2D eigenvalue weighted by Crippen LogP contribution is -2.48. The Morgan fingerprint density at radius 1 is 0.951 bits per heavy atom. The number of pyridine rings is 1. The minimum Gasteiger partial charge on any atom is -0.377 e. The third-order valence-corrected chi connectivity index (χ3v) is 8.32. The molecule has 0 unspecified atom stereocenters. The van der Waals surface area contributed by atoms with Crippen LogP contribution in [0.4, 0.5) is 0 Å². The number of benzene rings is 2. The lowest BCUT2D eigenvalue weighted by molar-refractivity contribution is -0.00346. The van der Waals surface area contributed by atoms with E-state index in [1.807, 2.05) is 41.0 Å². The molecule has 10 heteroatoms. The van der Waals surface area contributed by atoms with E-state index in [1.165, 1.54) is 0 Å². The summed E-state index contributed by atoms with van der Waals surface area (Å²) in [5.41, 5.74) is 4.01. The number of nitrogens with zero attached hydrogens (tertiary/aromatic N) is 3. The SMILES string of the molecule is Cc1ncc(Cl)cc1C(=O)NC1CCC(Cn2c(=O)n(-c3ccc(C(=O)NC4COC4)cc3)c3ccccc32)CC1. The van der Waals surface area contributed by atoms with Crippen molar-refractivity contribution in [3.05, 3.63) is 93.1 Å². The van der Waals surface area contributed by atoms with Crippen LogP contribution in [0.25, 0.3) is 16.7 Å². The van der Waals surface area contributed by atoms with Gasteiger partial charge in [0.05, 0.1) is 52.3 Å². The lowest BCUT2D eigenvalue weighted by atomic mass is 9.85. The molecule has 1 aliphatic carbocycles. The van der Waals surface area contributed by atoms with Gasteiger partial charge in [-0.3, -0.25) is 23.7 Å². The van der Waals surface area contributed by atoms with E-state index in [2.05, 4.69) is 15.6 Å². The van der Waals surface area contributed by atoms with Gasteiger partial charge in [0, 0.05) is 24.3 Å². The number of carbonyl (C=O) groups excluding carboxylic acids is 2. The van der Waals surface area contributed by atoms with Crippen LogP contribution in [0.2, 0.25) is 5.02 Å². The molecule has 2 aliphatic rings. The fraction of sp³-hybridized carbons (Fsp3) is 0.355. The number of amides is 2. The van der Waals surface area contributed by atoms with Crippen LogP contribution in [0.3, 0.4) is 0 Å². The molecule has 1 saturated carbocycles. The van der Waals surface area contributed by atoms with Crippen LogP contribution in [0.1, 0.15) is 52.1 Å². The molecule has 0 bridgehead atoms. The molecule has 2 aromatic carbocycles. The number of hydrogen-bond acceptors (Lipinski definition) is 5. The van der Waals surface area contributed by atoms with Crippen LogP contribution < -0.4 is 16.3 Å². The largest absolute Gasteiger partial charge is 0.377 e. The Balaban J connectivity index is 1.15. The summed E-state index contributed by atoms with van der Waals surface area (Å²) in [6.07, 6.45) is 5.03. The van der Waals surface area contributed by atoms with Crippen molar-refractivity contribution >= 4 is 34.4 Å². The number of nitrogens with one attached hydrogen (secondary N) is 2. The van der Waals surface area contributed by atoms with Gasteiger partial charge in [-0.25, -0.2) is 4.79 Å². The normalized spacial score (nSPS) is 19.1. The molecule has 2 N–H and O–H groups in total. The van der Waals surface area contributed by atoms with Gasteiger partial charge in [0.2, 0.25) is 0 Å². The van der Waals surface area contributed by atoms with Crippen molar-refractivity contribution in [1.82, 2.24) is 24.8 Å². The van der Waals surface area contributed by atoms with Crippen molar-refractivity contribution in [2.45, 2.75) is 51.2 Å². The first-order valence-electron chi connectivity index (χ1n) is 14.0. The van der Waals surface area contributed by atoms with Gasteiger partial charge in [-0.1, -0.05) is 23.7 Å². The molecule has 2 amide bonds. The van der Waals surface area contributed by atoms with E-state index in [0.717, 1.165) is 36.7 Å². The number of carbonyl (C=O) groups is 2. The van der Waals surface area contributed by atoms with E-state index in [-0.39, 0.29) is 29.6 Å². The standard InChI is InChI=1S/C31H32ClN5O4/c1-19-26(14-22(32)15-33-19)30(39)34-23-10-6-20(7-11-23)16-36-27-4-2-3-5-28(27)37(31(36)40)25-12-8-21(9-13-25)29(38)35-24-17-41-18-24/h2-5,8-9,12-15,20,23-24H,6-7,10-11,16-18H2,1H3,(H,34,39)(H,35,38). The lowest BCUT2D eigenvalue weighted by Gasteiger charge is -2.29. The molecule has 4 aromatic rings. The van der Waals surface area contributed by atoms with Crippen LogP contribution in [0.15, 0.2) is 65.6 Å². The maximum atomic E-state index is 13.8. The number of halogens is 1. The zero-order chi connectivity index (χ0) is 28.5. The van der Waals surface area contributed by atoms with Gasteiger partial charge >= 0.3 is 5.69 Å². The molecule has 2 fully saturated rings. The highest BCUT2D eigenvalue weighted by molar-refractivity contribution is 6.30. The van der Waals surface area contributed by atoms with Gasteiger partial charge in [0.1, 0.15) is 0 Å². The van der Waals surface area contributed by atoms with Gasteiger partial charge in [0.15, 0.2) is 0 Å². The van der Waals surface area contributed by atoms with Crippen molar-refractivity contribution in [2.24, 2.45) is 5.92 Å². The van der Waals surface area contributed by atoms with E-state index in [9.17, 15) is 14.4 Å². The summed E-state index contributed by atoms with van der Waals surface area (Å²) < 4.78 is 8.70. The van der Waals surface area contributed by atoms with Crippen molar-refractivity contribution < 1.29 is 14.3 Å². The summed E-state index contributed by atoms with van der Waals surface area (Å²) in [6, 6.07) is 16.7. The molecular weight excluding hydrogens is 542 g/mol. The summed E-state index contributed by atoms with van der Waals surface area (Å²) in [4.78, 5) is 43.3. The first-order chi connectivity index (χ1) is 19.9. The van der Waals surface area contributed by atoms with Crippen molar-refractivity contribution in [1.29, 1.82) is 0 Å². The number of hydrogen-bond donors (Lipinski definition) is 2. The van der Waals surface area contributed by atoms with Crippen LogP contribution in [-0.2, 0) is 11.3 Å². The molecule has 3 heterocycles. The van der Waals surface area contributed by atoms with E-state index >= 15 is 0 Å². The first kappa shape index (κ1) is 27.2. The summed E-state index contributed by atoms with van der Waals surface area (Å²) in [6.45, 7) is 3.48. The van der Waals surface area contributed by atoms with Crippen molar-refractivity contribution in [3.8, 4) is 5.69 Å². The van der Waals surface area contributed by atoms with Crippen molar-refractivity contribution in [2.75, 3.05) is 13.2 Å². The molecule has 1 saturated heterocycles. The fourth-order valence-electron chi connectivity index (χ4n) is 5.73. The predicted octanol–water partition coefficient (Wildman–Crippen LogP) is 4.27. The number of aromatic nitrogens is 3. The molecule has 2 aromatic heterocycles. The molecule has 1 aliphatic heterocycles. The average Bonchev–Trinajstić information content (AvgIpc) is 3.23. The number of ether oxygens (including phenoxy) is 1. The molecular formula is C31H32ClN5O4. The van der Waals surface area contributed by atoms with E-state index in [0.29, 0.717) is 53.2 Å². The molecule has 0 spiro atoms. The summed E-state index contributed by atoms with van der Waals surface area (Å²) >= 11 is 6.05. The van der Waals surface area contributed by atoms with Gasteiger partial charge in [-0.15, -0.1) is 0 Å². The van der Waals surface area contributed by atoms with Crippen LogP contribution in [-0.4, -0.2) is 51.2 Å². The van der Waals surface area contributed by atoms with Crippen LogP contribution in [0, 0.1) is 12.8 Å². The van der Waals surface area contributed by atoms with Gasteiger partial charge in [-0.2, -0.15) is 0 Å². The molecule has 9 nitrogen and oxygen atoms in total. The minimum atomic E-state index is -0.152. The second-order valence-corrected chi connectivity index (χ2v) is 11.4. The maximum absolute atomic E-state index is 13.8. The third-order valence-electron chi connectivity index (χ3n) is 8.12. The summed E-state index contributed by atoms with van der Waals surface area (Å²) in [5.74, 6) is 0.0165. The van der Waals surface area contributed by atoms with Crippen LogP contribution >= 0.6 is 11.6 Å². The van der Waals surface area contributed by atoms with Gasteiger partial charge < -0.3 is 15.4 Å². The van der Waals surface area contributed by atoms with E-state index in [4.69, 9.17) is 16.3 Å². The Bertz CT molecular complexity index is 1650. The van der Waals surface area contributed by atoms with E-state index in [1.54, 1.807) is 35.9 Å². The van der Waals surface area contributed by atoms with E-state index < -0.39 is 0 Å². The zero-order valence-corrected chi connectivity index (χ0v) is 23.6. The number of para-hydroxylation sites is 2. The Kier molecular flexibility index (Phi) is 7.64. The Morgan fingerprint density at radius 3 is 2.32 bits per heavy atom. The quantitative estimate of drug-likeness (QED) is 0.343. The predicted molar refractivity (Wildman–Crippen MR) is 157 cm³/mol. The highest BCUT2D eigenvalue weighted by atomic mass is 35.5. The average molecular weight is 574 g/mol. The highest BCUT2D eigenvalue weighted by Crippen LogP contribution is 2.28. The highest BCUT2D eigenvalue weighted by Gasteiger charge is 2.26. The first-order valence-corrected chi connectivity index (χ1v) is 14.4. The maximum Gasteiger partial charge on any atom is 0.333 e. The number of fused-ring (bicyclic) bond motifs is 1. The molecule has 212 valence electrons.